The Hall–Kier alpha value is -3.81. The fraction of sp³-hybridized carbons (Fsp3) is 0.320. The van der Waals surface area contributed by atoms with Crippen molar-refractivity contribution in [2.75, 3.05) is 32.1 Å². The number of benzene rings is 2. The molecule has 2 heterocycles. The molecular weight excluding hydrogens is 420 g/mol. The van der Waals surface area contributed by atoms with Crippen molar-refractivity contribution in [3.05, 3.63) is 65.5 Å². The number of rotatable bonds is 7. The summed E-state index contributed by atoms with van der Waals surface area (Å²) >= 11 is 0. The van der Waals surface area contributed by atoms with Gasteiger partial charge in [-0.1, -0.05) is 12.1 Å². The number of hydrogen-bond acceptors (Lipinski definition) is 5. The maximum Gasteiger partial charge on any atom is 0.319 e. The van der Waals surface area contributed by atoms with Gasteiger partial charge < -0.3 is 24.7 Å². The highest BCUT2D eigenvalue weighted by Gasteiger charge is 2.24. The summed E-state index contributed by atoms with van der Waals surface area (Å²) in [5.74, 6) is 1.25. The van der Waals surface area contributed by atoms with E-state index in [9.17, 15) is 9.59 Å². The first-order chi connectivity index (χ1) is 16.0. The third-order valence-electron chi connectivity index (χ3n) is 5.68. The highest BCUT2D eigenvalue weighted by atomic mass is 16.5. The van der Waals surface area contributed by atoms with E-state index in [4.69, 9.17) is 9.15 Å². The minimum Gasteiger partial charge on any atom is -0.497 e. The normalized spacial score (nSPS) is 13.1. The minimum atomic E-state index is -0.366. The predicted molar refractivity (Wildman–Crippen MR) is 126 cm³/mol. The van der Waals surface area contributed by atoms with E-state index in [1.165, 1.54) is 0 Å². The van der Waals surface area contributed by atoms with Gasteiger partial charge in [-0.15, -0.1) is 0 Å². The van der Waals surface area contributed by atoms with Crippen molar-refractivity contribution in [1.29, 1.82) is 0 Å². The standard InChI is InChI=1S/C25H28N4O4/c1-17-6-5-7-21(22(17)24(30)29-14-3-4-15-29)28-25(31)26-13-12-19-16-33-23(27-19)18-8-10-20(32-2)11-9-18/h5-11,16H,3-4,12-15H2,1-2H3,(H2,26,28,31). The number of amides is 3. The maximum absolute atomic E-state index is 13.0. The Kier molecular flexibility index (Phi) is 6.92. The molecule has 0 atom stereocenters. The number of nitrogens with zero attached hydrogens (tertiary/aromatic N) is 2. The first-order valence-corrected chi connectivity index (χ1v) is 11.1. The summed E-state index contributed by atoms with van der Waals surface area (Å²) in [5, 5.41) is 5.66. The van der Waals surface area contributed by atoms with Crippen molar-refractivity contribution in [2.24, 2.45) is 0 Å². The molecule has 0 bridgehead atoms. The Morgan fingerprint density at radius 1 is 1.12 bits per heavy atom. The van der Waals surface area contributed by atoms with E-state index in [0.29, 0.717) is 30.1 Å². The lowest BCUT2D eigenvalue weighted by atomic mass is 10.1. The van der Waals surface area contributed by atoms with Crippen molar-refractivity contribution < 1.29 is 18.7 Å². The first-order valence-electron chi connectivity index (χ1n) is 11.1. The van der Waals surface area contributed by atoms with Crippen LogP contribution in [-0.4, -0.2) is 48.6 Å². The number of carbonyl (C=O) groups excluding carboxylic acids is 2. The van der Waals surface area contributed by atoms with Gasteiger partial charge in [-0.25, -0.2) is 9.78 Å². The van der Waals surface area contributed by atoms with Crippen LogP contribution in [0.1, 0.15) is 34.5 Å². The lowest BCUT2D eigenvalue weighted by Crippen LogP contribution is -2.33. The zero-order valence-electron chi connectivity index (χ0n) is 18.9. The van der Waals surface area contributed by atoms with E-state index in [1.807, 2.05) is 48.2 Å². The average Bonchev–Trinajstić information content (AvgIpc) is 3.52. The molecule has 0 saturated carbocycles. The summed E-state index contributed by atoms with van der Waals surface area (Å²) in [6.45, 7) is 3.78. The summed E-state index contributed by atoms with van der Waals surface area (Å²) < 4.78 is 10.7. The molecule has 0 radical (unpaired) electrons. The summed E-state index contributed by atoms with van der Waals surface area (Å²) in [5.41, 5.74) is 3.50. The number of nitrogens with one attached hydrogen (secondary N) is 2. The molecule has 0 aliphatic carbocycles. The van der Waals surface area contributed by atoms with Crippen LogP contribution < -0.4 is 15.4 Å². The topological polar surface area (TPSA) is 96.7 Å². The summed E-state index contributed by atoms with van der Waals surface area (Å²) in [6.07, 6.45) is 4.14. The fourth-order valence-corrected chi connectivity index (χ4v) is 3.89. The average molecular weight is 449 g/mol. The number of likely N-dealkylation sites (tertiary alicyclic amines) is 1. The maximum atomic E-state index is 13.0. The number of oxazole rings is 1. The van der Waals surface area contributed by atoms with E-state index in [-0.39, 0.29) is 11.9 Å². The van der Waals surface area contributed by atoms with Gasteiger partial charge in [0.25, 0.3) is 5.91 Å². The quantitative estimate of drug-likeness (QED) is 0.563. The van der Waals surface area contributed by atoms with E-state index < -0.39 is 0 Å². The van der Waals surface area contributed by atoms with E-state index in [1.54, 1.807) is 19.4 Å². The van der Waals surface area contributed by atoms with Crippen LogP contribution >= 0.6 is 0 Å². The molecule has 1 saturated heterocycles. The molecule has 4 rings (SSSR count). The van der Waals surface area contributed by atoms with Crippen LogP contribution in [0.4, 0.5) is 10.5 Å². The van der Waals surface area contributed by atoms with E-state index in [0.717, 1.165) is 48.5 Å². The molecule has 8 nitrogen and oxygen atoms in total. The van der Waals surface area contributed by atoms with Crippen molar-refractivity contribution in [1.82, 2.24) is 15.2 Å². The van der Waals surface area contributed by atoms with Gasteiger partial charge in [-0.2, -0.15) is 0 Å². The highest BCUT2D eigenvalue weighted by Crippen LogP contribution is 2.24. The number of ether oxygens (including phenoxy) is 1. The predicted octanol–water partition coefficient (Wildman–Crippen LogP) is 4.26. The third kappa shape index (κ3) is 5.34. The molecule has 0 unspecified atom stereocenters. The van der Waals surface area contributed by atoms with Gasteiger partial charge >= 0.3 is 6.03 Å². The van der Waals surface area contributed by atoms with Crippen LogP contribution in [0.15, 0.2) is 53.1 Å². The monoisotopic (exact) mass is 448 g/mol. The number of aromatic nitrogens is 1. The molecule has 2 aromatic carbocycles. The van der Waals surface area contributed by atoms with E-state index >= 15 is 0 Å². The number of methoxy groups -OCH3 is 1. The third-order valence-corrected chi connectivity index (χ3v) is 5.68. The minimum absolute atomic E-state index is 0.0328. The second kappa shape index (κ2) is 10.2. The summed E-state index contributed by atoms with van der Waals surface area (Å²) in [7, 11) is 1.62. The van der Waals surface area contributed by atoms with Crippen LogP contribution in [-0.2, 0) is 6.42 Å². The first kappa shape index (κ1) is 22.4. The smallest absolute Gasteiger partial charge is 0.319 e. The molecule has 8 heteroatoms. The number of aryl methyl sites for hydroxylation is 1. The number of hydrogen-bond donors (Lipinski definition) is 2. The van der Waals surface area contributed by atoms with Gasteiger partial charge in [0, 0.05) is 31.6 Å². The Bertz CT molecular complexity index is 1120. The number of urea groups is 1. The van der Waals surface area contributed by atoms with Crippen LogP contribution in [0.3, 0.4) is 0 Å². The molecule has 1 aliphatic heterocycles. The van der Waals surface area contributed by atoms with Crippen molar-refractivity contribution in [2.45, 2.75) is 26.2 Å². The van der Waals surface area contributed by atoms with Crippen LogP contribution in [0.2, 0.25) is 0 Å². The van der Waals surface area contributed by atoms with Crippen LogP contribution in [0, 0.1) is 6.92 Å². The molecule has 0 spiro atoms. The van der Waals surface area contributed by atoms with E-state index in [2.05, 4.69) is 15.6 Å². The van der Waals surface area contributed by atoms with Crippen LogP contribution in [0.5, 0.6) is 5.75 Å². The van der Waals surface area contributed by atoms with Gasteiger partial charge in [0.05, 0.1) is 24.1 Å². The number of anilines is 1. The molecular formula is C25H28N4O4. The Morgan fingerprint density at radius 2 is 1.88 bits per heavy atom. The fourth-order valence-electron chi connectivity index (χ4n) is 3.89. The van der Waals surface area contributed by atoms with Gasteiger partial charge in [0.2, 0.25) is 5.89 Å². The second-order valence-corrected chi connectivity index (χ2v) is 8.00. The van der Waals surface area contributed by atoms with Crippen molar-refractivity contribution in [3.63, 3.8) is 0 Å². The lowest BCUT2D eigenvalue weighted by Gasteiger charge is -2.19. The van der Waals surface area contributed by atoms with Gasteiger partial charge in [0.15, 0.2) is 0 Å². The summed E-state index contributed by atoms with van der Waals surface area (Å²) in [6, 6.07) is 12.6. The molecule has 1 aromatic heterocycles. The Morgan fingerprint density at radius 3 is 2.61 bits per heavy atom. The lowest BCUT2D eigenvalue weighted by molar-refractivity contribution is 0.0793. The zero-order valence-corrected chi connectivity index (χ0v) is 18.9. The molecule has 1 fully saturated rings. The van der Waals surface area contributed by atoms with Crippen molar-refractivity contribution >= 4 is 17.6 Å². The Labute approximate surface area is 192 Å². The van der Waals surface area contributed by atoms with Gasteiger partial charge in [0.1, 0.15) is 12.0 Å². The molecule has 33 heavy (non-hydrogen) atoms. The second-order valence-electron chi connectivity index (χ2n) is 8.00. The molecule has 3 aromatic rings. The molecule has 2 N–H and O–H groups in total. The Balaban J connectivity index is 1.33. The zero-order chi connectivity index (χ0) is 23.2. The SMILES string of the molecule is COc1ccc(-c2nc(CCNC(=O)Nc3cccc(C)c3C(=O)N3CCCC3)co2)cc1. The van der Waals surface area contributed by atoms with Gasteiger partial charge in [-0.3, -0.25) is 4.79 Å². The molecule has 3 amide bonds. The van der Waals surface area contributed by atoms with Gasteiger partial charge in [-0.05, 0) is 55.7 Å². The summed E-state index contributed by atoms with van der Waals surface area (Å²) in [4.78, 5) is 31.8. The van der Waals surface area contributed by atoms with Crippen LogP contribution in [0.25, 0.3) is 11.5 Å². The molecule has 172 valence electrons. The largest absolute Gasteiger partial charge is 0.497 e. The molecule has 1 aliphatic rings. The highest BCUT2D eigenvalue weighted by molar-refractivity contribution is 6.04. The van der Waals surface area contributed by atoms with Crippen molar-refractivity contribution in [3.8, 4) is 17.2 Å². The number of carbonyl (C=O) groups is 2.